The molecule has 6 rings (SSSR count). The van der Waals surface area contributed by atoms with Gasteiger partial charge in [-0.3, -0.25) is 9.59 Å². The number of fused-ring (bicyclic) bond motifs is 2. The number of carbonyl (C=O) groups is 2. The molecule has 3 aliphatic heterocycles. The Morgan fingerprint density at radius 1 is 1.40 bits per heavy atom. The van der Waals surface area contributed by atoms with Crippen molar-refractivity contribution in [2.24, 2.45) is 11.8 Å². The first-order valence-electron chi connectivity index (χ1n) is 10.1. The van der Waals surface area contributed by atoms with Crippen LogP contribution in [0.15, 0.2) is 54.2 Å². The van der Waals surface area contributed by atoms with Gasteiger partial charge in [-0.05, 0) is 18.1 Å². The Balaban J connectivity index is 1.21. The minimum absolute atomic E-state index is 0.000907. The predicted molar refractivity (Wildman–Crippen MR) is 113 cm³/mol. The first kappa shape index (κ1) is 17.9. The largest absolute Gasteiger partial charge is 0.361 e. The SMILES string of the molecule is O=C(Nc1nccs1)[C@H]1[C@H]2C=C[C@@]3(CN(CCc4c[nH]c5ccccc45)C(=O)[C@@H]13)O2. The third-order valence-electron chi connectivity index (χ3n) is 6.47. The van der Waals surface area contributed by atoms with E-state index in [1.807, 2.05) is 46.8 Å². The number of H-pyrrole nitrogens is 1. The van der Waals surface area contributed by atoms with E-state index in [0.717, 1.165) is 11.9 Å². The number of ether oxygens (including phenoxy) is 1. The quantitative estimate of drug-likeness (QED) is 0.621. The normalized spacial score (nSPS) is 29.1. The molecule has 5 heterocycles. The van der Waals surface area contributed by atoms with Crippen LogP contribution in [0.4, 0.5) is 5.13 Å². The van der Waals surface area contributed by atoms with Crippen LogP contribution in [0.5, 0.6) is 0 Å². The number of aromatic amines is 1. The molecular weight excluding hydrogens is 400 g/mol. The van der Waals surface area contributed by atoms with Gasteiger partial charge in [0.2, 0.25) is 11.8 Å². The van der Waals surface area contributed by atoms with E-state index >= 15 is 0 Å². The van der Waals surface area contributed by atoms with Crippen LogP contribution in [0.25, 0.3) is 10.9 Å². The van der Waals surface area contributed by atoms with Gasteiger partial charge in [0.25, 0.3) is 0 Å². The highest BCUT2D eigenvalue weighted by Gasteiger charge is 2.66. The lowest BCUT2D eigenvalue weighted by molar-refractivity contribution is -0.135. The average molecular weight is 420 g/mol. The monoisotopic (exact) mass is 420 g/mol. The number of benzene rings is 1. The number of likely N-dealkylation sites (tertiary alicyclic amines) is 1. The first-order chi connectivity index (χ1) is 14.6. The van der Waals surface area contributed by atoms with Crippen molar-refractivity contribution in [1.29, 1.82) is 0 Å². The lowest BCUT2D eigenvalue weighted by Gasteiger charge is -2.23. The molecule has 2 amide bonds. The van der Waals surface area contributed by atoms with Crippen molar-refractivity contribution in [1.82, 2.24) is 14.9 Å². The topological polar surface area (TPSA) is 87.3 Å². The molecule has 2 fully saturated rings. The smallest absolute Gasteiger partial charge is 0.233 e. The molecule has 8 heteroatoms. The van der Waals surface area contributed by atoms with Crippen LogP contribution in [-0.2, 0) is 20.7 Å². The maximum absolute atomic E-state index is 13.3. The second-order valence-electron chi connectivity index (χ2n) is 8.10. The lowest BCUT2D eigenvalue weighted by Crippen LogP contribution is -2.41. The van der Waals surface area contributed by atoms with Gasteiger partial charge in [0, 0.05) is 35.2 Å². The van der Waals surface area contributed by atoms with Crippen molar-refractivity contribution in [3.63, 3.8) is 0 Å². The van der Waals surface area contributed by atoms with Crippen LogP contribution in [-0.4, -0.2) is 51.5 Å². The van der Waals surface area contributed by atoms with Crippen LogP contribution in [0, 0.1) is 11.8 Å². The standard InChI is InChI=1S/C22H20N4O3S/c27-19(25-21-23-8-10-30-21)17-16-5-7-22(29-16)12-26(20(28)18(17)22)9-6-13-11-24-15-4-2-1-3-14(13)15/h1-5,7-8,10-11,16-18,24H,6,9,12H2,(H,23,25,27)/t16-,17+,18-,22+/m1/s1. The van der Waals surface area contributed by atoms with Gasteiger partial charge >= 0.3 is 0 Å². The number of thiazole rings is 1. The fourth-order valence-electron chi connectivity index (χ4n) is 5.13. The van der Waals surface area contributed by atoms with Crippen LogP contribution in [0.2, 0.25) is 0 Å². The summed E-state index contributed by atoms with van der Waals surface area (Å²) in [6, 6.07) is 8.16. The van der Waals surface area contributed by atoms with E-state index in [4.69, 9.17) is 4.74 Å². The molecule has 7 nitrogen and oxygen atoms in total. The van der Waals surface area contributed by atoms with Gasteiger partial charge < -0.3 is 19.9 Å². The highest BCUT2D eigenvalue weighted by atomic mass is 32.1. The maximum Gasteiger partial charge on any atom is 0.233 e. The van der Waals surface area contributed by atoms with Crippen LogP contribution in [0.1, 0.15) is 5.56 Å². The lowest BCUT2D eigenvalue weighted by atomic mass is 9.77. The van der Waals surface area contributed by atoms with Crippen molar-refractivity contribution in [2.75, 3.05) is 18.4 Å². The molecule has 2 saturated heterocycles. The number of hydrogen-bond acceptors (Lipinski definition) is 5. The molecule has 2 bridgehead atoms. The number of hydrogen-bond donors (Lipinski definition) is 2. The Morgan fingerprint density at radius 2 is 2.30 bits per heavy atom. The van der Waals surface area contributed by atoms with Crippen LogP contribution in [0.3, 0.4) is 0 Å². The van der Waals surface area contributed by atoms with Gasteiger partial charge in [0.15, 0.2) is 5.13 Å². The third kappa shape index (κ3) is 2.57. The third-order valence-corrected chi connectivity index (χ3v) is 7.16. The van der Waals surface area contributed by atoms with E-state index in [1.165, 1.54) is 22.3 Å². The summed E-state index contributed by atoms with van der Waals surface area (Å²) >= 11 is 1.36. The Morgan fingerprint density at radius 3 is 3.17 bits per heavy atom. The van der Waals surface area contributed by atoms with E-state index in [-0.39, 0.29) is 17.9 Å². The van der Waals surface area contributed by atoms with Crippen LogP contribution >= 0.6 is 11.3 Å². The first-order valence-corrected chi connectivity index (χ1v) is 10.9. The summed E-state index contributed by atoms with van der Waals surface area (Å²) in [7, 11) is 0. The molecule has 0 radical (unpaired) electrons. The number of para-hydroxylation sites is 1. The second kappa shape index (κ2) is 6.52. The zero-order chi connectivity index (χ0) is 20.3. The van der Waals surface area contributed by atoms with E-state index in [1.54, 1.807) is 6.20 Å². The van der Waals surface area contributed by atoms with Gasteiger partial charge in [0.05, 0.1) is 24.5 Å². The number of amides is 2. The summed E-state index contributed by atoms with van der Waals surface area (Å²) in [6.45, 7) is 1.09. The van der Waals surface area contributed by atoms with Gasteiger partial charge in [-0.15, -0.1) is 11.3 Å². The number of carbonyl (C=O) groups excluding carboxylic acids is 2. The maximum atomic E-state index is 13.3. The number of nitrogens with one attached hydrogen (secondary N) is 2. The van der Waals surface area contributed by atoms with Crippen molar-refractivity contribution in [3.8, 4) is 0 Å². The summed E-state index contributed by atoms with van der Waals surface area (Å²) in [4.78, 5) is 35.5. The van der Waals surface area contributed by atoms with Gasteiger partial charge in [-0.2, -0.15) is 0 Å². The van der Waals surface area contributed by atoms with E-state index in [0.29, 0.717) is 18.2 Å². The van der Waals surface area contributed by atoms with E-state index in [9.17, 15) is 9.59 Å². The molecule has 1 aromatic carbocycles. The number of anilines is 1. The van der Waals surface area contributed by atoms with Gasteiger partial charge in [-0.25, -0.2) is 4.98 Å². The minimum atomic E-state index is -0.688. The summed E-state index contributed by atoms with van der Waals surface area (Å²) in [6.07, 6.45) is 7.97. The number of aromatic nitrogens is 2. The molecule has 2 N–H and O–H groups in total. The fraction of sp³-hybridized carbons (Fsp3) is 0.318. The summed E-state index contributed by atoms with van der Waals surface area (Å²) in [5, 5.41) is 6.38. The highest BCUT2D eigenvalue weighted by Crippen LogP contribution is 2.52. The Bertz CT molecular complexity index is 1170. The zero-order valence-electron chi connectivity index (χ0n) is 16.1. The number of rotatable bonds is 5. The molecular formula is C22H20N4O3S. The Hall–Kier alpha value is -2.97. The molecule has 2 aromatic heterocycles. The molecule has 0 unspecified atom stereocenters. The molecule has 3 aromatic rings. The molecule has 3 aliphatic rings. The fourth-order valence-corrected chi connectivity index (χ4v) is 5.67. The Labute approximate surface area is 176 Å². The van der Waals surface area contributed by atoms with Crippen molar-refractivity contribution in [3.05, 3.63) is 59.8 Å². The van der Waals surface area contributed by atoms with Gasteiger partial charge in [0.1, 0.15) is 5.60 Å². The number of nitrogens with zero attached hydrogens (tertiary/aromatic N) is 2. The van der Waals surface area contributed by atoms with E-state index in [2.05, 4.69) is 21.4 Å². The summed E-state index contributed by atoms with van der Waals surface area (Å²) in [5.74, 6) is -1.20. The molecule has 0 saturated carbocycles. The minimum Gasteiger partial charge on any atom is -0.361 e. The molecule has 0 aliphatic carbocycles. The molecule has 30 heavy (non-hydrogen) atoms. The average Bonchev–Trinajstić information content (AvgIpc) is 3.55. The predicted octanol–water partition coefficient (Wildman–Crippen LogP) is 2.59. The molecule has 1 spiro atoms. The van der Waals surface area contributed by atoms with Gasteiger partial charge in [-0.1, -0.05) is 30.4 Å². The Kier molecular flexibility index (Phi) is 3.88. The van der Waals surface area contributed by atoms with Crippen molar-refractivity contribution in [2.45, 2.75) is 18.1 Å². The zero-order valence-corrected chi connectivity index (χ0v) is 16.9. The van der Waals surface area contributed by atoms with E-state index < -0.39 is 17.4 Å². The highest BCUT2D eigenvalue weighted by molar-refractivity contribution is 7.13. The van der Waals surface area contributed by atoms with Crippen molar-refractivity contribution >= 4 is 39.2 Å². The summed E-state index contributed by atoms with van der Waals surface area (Å²) < 4.78 is 6.19. The molecule has 152 valence electrons. The molecule has 4 atom stereocenters. The summed E-state index contributed by atoms with van der Waals surface area (Å²) in [5.41, 5.74) is 1.60. The van der Waals surface area contributed by atoms with Crippen LogP contribution < -0.4 is 5.32 Å². The van der Waals surface area contributed by atoms with Crippen molar-refractivity contribution < 1.29 is 14.3 Å². The second-order valence-corrected chi connectivity index (χ2v) is 8.99.